The number of aromatic nitrogens is 3. The van der Waals surface area contributed by atoms with E-state index in [9.17, 15) is 9.59 Å². The highest BCUT2D eigenvalue weighted by Gasteiger charge is 2.18. The number of hydrogen-bond acceptors (Lipinski definition) is 4. The molecule has 2 N–H and O–H groups in total. The van der Waals surface area contributed by atoms with Gasteiger partial charge in [-0.1, -0.05) is 50.7 Å². The van der Waals surface area contributed by atoms with Crippen molar-refractivity contribution < 1.29 is 4.79 Å². The number of aromatic amines is 1. The first-order chi connectivity index (χ1) is 13.8. The summed E-state index contributed by atoms with van der Waals surface area (Å²) in [6, 6.07) is 9.69. The van der Waals surface area contributed by atoms with Crippen molar-refractivity contribution in [2.75, 3.05) is 11.1 Å². The number of H-pyrrole nitrogens is 1. The van der Waals surface area contributed by atoms with Crippen molar-refractivity contribution in [1.29, 1.82) is 0 Å². The van der Waals surface area contributed by atoms with Crippen molar-refractivity contribution in [1.82, 2.24) is 14.5 Å². The lowest BCUT2D eigenvalue weighted by atomic mass is 10.0. The molecular weight excluding hydrogens is 384 g/mol. The van der Waals surface area contributed by atoms with Crippen molar-refractivity contribution in [2.45, 2.75) is 58.2 Å². The first-order valence-electron chi connectivity index (χ1n) is 9.95. The van der Waals surface area contributed by atoms with Crippen LogP contribution in [-0.2, 0) is 4.79 Å². The molecular formula is C22H28N4O2S. The van der Waals surface area contributed by atoms with Crippen LogP contribution in [0, 0.1) is 6.92 Å². The summed E-state index contributed by atoms with van der Waals surface area (Å²) in [5.41, 5.74) is 3.89. The van der Waals surface area contributed by atoms with Crippen LogP contribution in [0.1, 0.15) is 57.3 Å². The molecule has 6 nitrogen and oxygen atoms in total. The van der Waals surface area contributed by atoms with Gasteiger partial charge in [0.15, 0.2) is 5.16 Å². The molecule has 2 heterocycles. The molecule has 0 aliphatic carbocycles. The highest BCUT2D eigenvalue weighted by molar-refractivity contribution is 7.99. The molecule has 0 aliphatic heterocycles. The minimum atomic E-state index is -0.113. The van der Waals surface area contributed by atoms with Crippen LogP contribution in [0.5, 0.6) is 0 Å². The molecule has 0 saturated carbocycles. The molecule has 1 aromatic carbocycles. The van der Waals surface area contributed by atoms with Crippen molar-refractivity contribution in [2.24, 2.45) is 0 Å². The van der Waals surface area contributed by atoms with E-state index in [1.165, 1.54) is 11.8 Å². The van der Waals surface area contributed by atoms with Gasteiger partial charge in [-0.05, 0) is 43.9 Å². The van der Waals surface area contributed by atoms with Gasteiger partial charge in [-0.3, -0.25) is 14.2 Å². The number of nitrogens with one attached hydrogen (secondary N) is 2. The van der Waals surface area contributed by atoms with Gasteiger partial charge < -0.3 is 10.3 Å². The summed E-state index contributed by atoms with van der Waals surface area (Å²) >= 11 is 1.30. The highest BCUT2D eigenvalue weighted by atomic mass is 32.2. The molecule has 0 spiro atoms. The standard InChI is InChI=1S/C22H28N4O2S/c1-6-15(5)26-21(28)20-18(11-14(4)23-20)25-22(26)29-12-19(27)24-17-10-8-7-9-16(17)13(2)3/h7-11,13,15,23H,6,12H2,1-5H3,(H,24,27)/t15-/m1/s1. The fourth-order valence-electron chi connectivity index (χ4n) is 3.29. The molecule has 0 unspecified atom stereocenters. The largest absolute Gasteiger partial charge is 0.353 e. The fraction of sp³-hybridized carbons (Fsp3) is 0.409. The lowest BCUT2D eigenvalue weighted by molar-refractivity contribution is -0.113. The first kappa shape index (κ1) is 21.2. The number of amides is 1. The quantitative estimate of drug-likeness (QED) is 0.429. The molecule has 1 amide bonds. The number of anilines is 1. The van der Waals surface area contributed by atoms with Crippen LogP contribution in [0.25, 0.3) is 11.0 Å². The zero-order valence-electron chi connectivity index (χ0n) is 17.6. The van der Waals surface area contributed by atoms with E-state index in [4.69, 9.17) is 0 Å². The van der Waals surface area contributed by atoms with Gasteiger partial charge in [0.05, 0.1) is 11.3 Å². The lowest BCUT2D eigenvalue weighted by Crippen LogP contribution is -2.26. The Labute approximate surface area is 175 Å². The van der Waals surface area contributed by atoms with Crippen LogP contribution in [0.2, 0.25) is 0 Å². The lowest BCUT2D eigenvalue weighted by Gasteiger charge is -2.17. The third kappa shape index (κ3) is 4.56. The number of carbonyl (C=O) groups excluding carboxylic acids is 1. The Balaban J connectivity index is 1.85. The minimum Gasteiger partial charge on any atom is -0.353 e. The van der Waals surface area contributed by atoms with E-state index in [0.717, 1.165) is 23.4 Å². The van der Waals surface area contributed by atoms with E-state index in [0.29, 0.717) is 22.1 Å². The second-order valence-electron chi connectivity index (χ2n) is 7.62. The summed E-state index contributed by atoms with van der Waals surface area (Å²) in [4.78, 5) is 33.4. The molecule has 0 aliphatic rings. The maximum absolute atomic E-state index is 13.0. The molecule has 3 rings (SSSR count). The van der Waals surface area contributed by atoms with Gasteiger partial charge >= 0.3 is 0 Å². The Morgan fingerprint density at radius 2 is 2.00 bits per heavy atom. The van der Waals surface area contributed by atoms with Crippen molar-refractivity contribution >= 4 is 34.4 Å². The number of para-hydroxylation sites is 1. The zero-order valence-corrected chi connectivity index (χ0v) is 18.4. The van der Waals surface area contributed by atoms with E-state index >= 15 is 0 Å². The molecule has 0 saturated heterocycles. The summed E-state index contributed by atoms with van der Waals surface area (Å²) in [5.74, 6) is 0.388. The van der Waals surface area contributed by atoms with Crippen molar-refractivity contribution in [3.63, 3.8) is 0 Å². The summed E-state index contributed by atoms with van der Waals surface area (Å²) < 4.78 is 1.69. The average Bonchev–Trinajstić information content (AvgIpc) is 3.06. The minimum absolute atomic E-state index is 0.00441. The predicted molar refractivity (Wildman–Crippen MR) is 120 cm³/mol. The van der Waals surface area contributed by atoms with E-state index < -0.39 is 0 Å². The van der Waals surface area contributed by atoms with Crippen LogP contribution < -0.4 is 10.9 Å². The second-order valence-corrected chi connectivity index (χ2v) is 8.56. The molecule has 154 valence electrons. The Morgan fingerprint density at radius 1 is 1.28 bits per heavy atom. The van der Waals surface area contributed by atoms with E-state index in [1.807, 2.05) is 51.1 Å². The van der Waals surface area contributed by atoms with Gasteiger partial charge in [0.25, 0.3) is 5.56 Å². The van der Waals surface area contributed by atoms with Crippen LogP contribution in [0.4, 0.5) is 5.69 Å². The Kier molecular flexibility index (Phi) is 6.47. The van der Waals surface area contributed by atoms with Crippen LogP contribution in [0.3, 0.4) is 0 Å². The third-order valence-electron chi connectivity index (χ3n) is 5.01. The smallest absolute Gasteiger partial charge is 0.278 e. The first-order valence-corrected chi connectivity index (χ1v) is 10.9. The van der Waals surface area contributed by atoms with Crippen LogP contribution in [0.15, 0.2) is 40.3 Å². The normalized spacial score (nSPS) is 12.5. The summed E-state index contributed by atoms with van der Waals surface area (Å²) in [6.07, 6.45) is 0.800. The predicted octanol–water partition coefficient (Wildman–Crippen LogP) is 4.86. The van der Waals surface area contributed by atoms with Gasteiger partial charge in [-0.25, -0.2) is 4.98 Å². The van der Waals surface area contributed by atoms with E-state index in [2.05, 4.69) is 29.1 Å². The zero-order chi connectivity index (χ0) is 21.1. The fourth-order valence-corrected chi connectivity index (χ4v) is 4.19. The molecule has 0 bridgehead atoms. The van der Waals surface area contributed by atoms with Crippen LogP contribution in [-0.4, -0.2) is 26.2 Å². The number of rotatable bonds is 7. The maximum Gasteiger partial charge on any atom is 0.278 e. The summed E-state index contributed by atoms with van der Waals surface area (Å²) in [7, 11) is 0. The average molecular weight is 413 g/mol. The van der Waals surface area contributed by atoms with E-state index in [1.54, 1.807) is 4.57 Å². The number of fused-ring (bicyclic) bond motifs is 1. The maximum atomic E-state index is 13.0. The third-order valence-corrected chi connectivity index (χ3v) is 5.96. The number of hydrogen-bond donors (Lipinski definition) is 2. The monoisotopic (exact) mass is 412 g/mol. The molecule has 29 heavy (non-hydrogen) atoms. The Hall–Kier alpha value is -2.54. The second kappa shape index (κ2) is 8.86. The van der Waals surface area contributed by atoms with Gasteiger partial charge in [-0.15, -0.1) is 0 Å². The van der Waals surface area contributed by atoms with E-state index in [-0.39, 0.29) is 23.3 Å². The molecule has 3 aromatic rings. The summed E-state index contributed by atoms with van der Waals surface area (Å²) in [6.45, 7) is 10.1. The van der Waals surface area contributed by atoms with Gasteiger partial charge in [0, 0.05) is 17.4 Å². The molecule has 2 aromatic heterocycles. The van der Waals surface area contributed by atoms with Crippen molar-refractivity contribution in [3.8, 4) is 0 Å². The number of nitrogens with zero attached hydrogens (tertiary/aromatic N) is 2. The van der Waals surface area contributed by atoms with Crippen LogP contribution >= 0.6 is 11.8 Å². The molecule has 0 radical (unpaired) electrons. The topological polar surface area (TPSA) is 79.8 Å². The SMILES string of the molecule is CC[C@@H](C)n1c(SCC(=O)Nc2ccccc2C(C)C)nc2cc(C)[nH]c2c1=O. The Bertz CT molecular complexity index is 1080. The molecule has 0 fully saturated rings. The number of carbonyl (C=O) groups is 1. The molecule has 7 heteroatoms. The van der Waals surface area contributed by atoms with Crippen molar-refractivity contribution in [3.05, 3.63) is 51.9 Å². The number of aryl methyl sites for hydroxylation is 1. The number of thioether (sulfide) groups is 1. The Morgan fingerprint density at radius 3 is 2.69 bits per heavy atom. The molecule has 1 atom stereocenters. The van der Waals surface area contributed by atoms with Gasteiger partial charge in [0.1, 0.15) is 5.52 Å². The summed E-state index contributed by atoms with van der Waals surface area (Å²) in [5, 5.41) is 3.57. The highest BCUT2D eigenvalue weighted by Crippen LogP contribution is 2.25. The van der Waals surface area contributed by atoms with Gasteiger partial charge in [0.2, 0.25) is 5.91 Å². The number of benzene rings is 1. The van der Waals surface area contributed by atoms with Gasteiger partial charge in [-0.2, -0.15) is 0 Å².